The second-order valence-electron chi connectivity index (χ2n) is 5.47. The van der Waals surface area contributed by atoms with Crippen LogP contribution in [0.5, 0.6) is 11.5 Å². The molecule has 0 fully saturated rings. The highest BCUT2D eigenvalue weighted by atomic mass is 16.5. The summed E-state index contributed by atoms with van der Waals surface area (Å²) >= 11 is 0. The number of phenols is 1. The van der Waals surface area contributed by atoms with Crippen molar-refractivity contribution in [1.82, 2.24) is 10.6 Å². The quantitative estimate of drug-likeness (QED) is 0.564. The normalized spacial score (nSPS) is 11.2. The number of rotatable bonds is 6. The molecule has 128 valence electrons. The van der Waals surface area contributed by atoms with Gasteiger partial charge in [0, 0.05) is 18.7 Å². The number of phenolic OH excluding ortho intramolecular Hbond substituents is 1. The first-order valence-corrected chi connectivity index (χ1v) is 8.06. The Hall–Kier alpha value is -2.69. The third-order valence-electron chi connectivity index (χ3n) is 3.75. The van der Waals surface area contributed by atoms with Crippen LogP contribution in [-0.4, -0.2) is 24.7 Å². The molecule has 0 aromatic heterocycles. The van der Waals surface area contributed by atoms with Crippen molar-refractivity contribution in [3.8, 4) is 11.5 Å². The number of ether oxygens (including phenoxy) is 1. The summed E-state index contributed by atoms with van der Waals surface area (Å²) in [6.07, 6.45) is 0. The van der Waals surface area contributed by atoms with Crippen LogP contribution in [0, 0.1) is 6.92 Å². The van der Waals surface area contributed by atoms with E-state index in [1.807, 2.05) is 19.1 Å². The molecule has 0 saturated heterocycles. The molecule has 0 aliphatic heterocycles. The van der Waals surface area contributed by atoms with Crippen molar-refractivity contribution in [3.63, 3.8) is 0 Å². The molecule has 2 rings (SSSR count). The number of benzene rings is 2. The van der Waals surface area contributed by atoms with Crippen molar-refractivity contribution in [2.45, 2.75) is 26.9 Å². The van der Waals surface area contributed by atoms with Crippen molar-refractivity contribution >= 4 is 5.96 Å². The van der Waals surface area contributed by atoms with Crippen LogP contribution in [0.1, 0.15) is 23.6 Å². The van der Waals surface area contributed by atoms with E-state index in [1.165, 1.54) is 11.1 Å². The van der Waals surface area contributed by atoms with Crippen molar-refractivity contribution in [2.24, 2.45) is 4.99 Å². The van der Waals surface area contributed by atoms with Crippen molar-refractivity contribution in [3.05, 3.63) is 59.2 Å². The molecule has 0 aliphatic carbocycles. The molecule has 0 atom stereocenters. The Bertz CT molecular complexity index is 699. The number of nitrogens with zero attached hydrogens (tertiary/aromatic N) is 1. The molecule has 24 heavy (non-hydrogen) atoms. The molecule has 3 N–H and O–H groups in total. The Balaban J connectivity index is 2.06. The number of methoxy groups -OCH3 is 1. The van der Waals surface area contributed by atoms with E-state index in [0.29, 0.717) is 24.8 Å². The van der Waals surface area contributed by atoms with E-state index in [-0.39, 0.29) is 5.75 Å². The van der Waals surface area contributed by atoms with Gasteiger partial charge in [-0.1, -0.05) is 24.3 Å². The van der Waals surface area contributed by atoms with Gasteiger partial charge in [-0.15, -0.1) is 0 Å². The summed E-state index contributed by atoms with van der Waals surface area (Å²) in [6, 6.07) is 13.4. The zero-order valence-electron chi connectivity index (χ0n) is 14.5. The molecule has 0 heterocycles. The molecule has 0 radical (unpaired) electrons. The van der Waals surface area contributed by atoms with Crippen LogP contribution in [0.3, 0.4) is 0 Å². The highest BCUT2D eigenvalue weighted by Crippen LogP contribution is 2.23. The van der Waals surface area contributed by atoms with Gasteiger partial charge in [-0.05, 0) is 43.2 Å². The lowest BCUT2D eigenvalue weighted by molar-refractivity contribution is 0.411. The first kappa shape index (κ1) is 17.7. The van der Waals surface area contributed by atoms with Crippen LogP contribution in [0.4, 0.5) is 0 Å². The maximum Gasteiger partial charge on any atom is 0.191 e. The minimum absolute atomic E-state index is 0.217. The number of hydrogen-bond donors (Lipinski definition) is 3. The number of nitrogens with one attached hydrogen (secondary N) is 2. The SMILES string of the molecule is CCNC(=NCc1cc(OC)ccc1O)NCc1ccccc1C. The lowest BCUT2D eigenvalue weighted by Gasteiger charge is -2.13. The van der Waals surface area contributed by atoms with Gasteiger partial charge >= 0.3 is 0 Å². The van der Waals surface area contributed by atoms with E-state index in [9.17, 15) is 5.11 Å². The fourth-order valence-electron chi connectivity index (χ4n) is 2.31. The molecule has 0 unspecified atom stereocenters. The topological polar surface area (TPSA) is 65.9 Å². The van der Waals surface area contributed by atoms with Gasteiger partial charge in [0.25, 0.3) is 0 Å². The van der Waals surface area contributed by atoms with E-state index in [2.05, 4.69) is 34.7 Å². The van der Waals surface area contributed by atoms with Gasteiger partial charge in [-0.25, -0.2) is 4.99 Å². The third-order valence-corrected chi connectivity index (χ3v) is 3.75. The summed E-state index contributed by atoms with van der Waals surface area (Å²) in [6.45, 7) is 5.95. The molecular weight excluding hydrogens is 302 g/mol. The van der Waals surface area contributed by atoms with Crippen molar-refractivity contribution < 1.29 is 9.84 Å². The minimum atomic E-state index is 0.217. The Labute approximate surface area is 143 Å². The van der Waals surface area contributed by atoms with E-state index in [1.54, 1.807) is 25.3 Å². The monoisotopic (exact) mass is 327 g/mol. The summed E-state index contributed by atoms with van der Waals surface area (Å²) in [5.41, 5.74) is 3.20. The predicted molar refractivity (Wildman–Crippen MR) is 97.5 cm³/mol. The molecule has 0 bridgehead atoms. The second-order valence-corrected chi connectivity index (χ2v) is 5.47. The predicted octanol–water partition coefficient (Wildman–Crippen LogP) is 2.96. The van der Waals surface area contributed by atoms with Crippen molar-refractivity contribution in [2.75, 3.05) is 13.7 Å². The molecular formula is C19H25N3O2. The van der Waals surface area contributed by atoms with Gasteiger partial charge in [0.2, 0.25) is 0 Å². The lowest BCUT2D eigenvalue weighted by atomic mass is 10.1. The Morgan fingerprint density at radius 2 is 1.92 bits per heavy atom. The fourth-order valence-corrected chi connectivity index (χ4v) is 2.31. The van der Waals surface area contributed by atoms with Crippen LogP contribution < -0.4 is 15.4 Å². The summed E-state index contributed by atoms with van der Waals surface area (Å²) in [4.78, 5) is 4.54. The van der Waals surface area contributed by atoms with E-state index < -0.39 is 0 Å². The number of aliphatic imine (C=N–C) groups is 1. The number of aryl methyl sites for hydroxylation is 1. The molecule has 0 spiro atoms. The smallest absolute Gasteiger partial charge is 0.191 e. The van der Waals surface area contributed by atoms with E-state index >= 15 is 0 Å². The van der Waals surface area contributed by atoms with E-state index in [4.69, 9.17) is 4.74 Å². The highest BCUT2D eigenvalue weighted by Gasteiger charge is 2.05. The first-order valence-electron chi connectivity index (χ1n) is 8.06. The summed E-state index contributed by atoms with van der Waals surface area (Å²) in [7, 11) is 1.60. The second kappa shape index (κ2) is 8.82. The largest absolute Gasteiger partial charge is 0.508 e. The molecule has 2 aromatic carbocycles. The highest BCUT2D eigenvalue weighted by molar-refractivity contribution is 5.79. The lowest BCUT2D eigenvalue weighted by Crippen LogP contribution is -2.36. The molecule has 0 amide bonds. The fraction of sp³-hybridized carbons (Fsp3) is 0.316. The summed E-state index contributed by atoms with van der Waals surface area (Å²) in [5, 5.41) is 16.5. The minimum Gasteiger partial charge on any atom is -0.508 e. The maximum absolute atomic E-state index is 9.95. The van der Waals surface area contributed by atoms with Crippen LogP contribution in [0.15, 0.2) is 47.5 Å². The van der Waals surface area contributed by atoms with Crippen LogP contribution in [0.2, 0.25) is 0 Å². The van der Waals surface area contributed by atoms with Gasteiger partial charge in [-0.3, -0.25) is 0 Å². The molecule has 5 nitrogen and oxygen atoms in total. The van der Waals surface area contributed by atoms with Crippen LogP contribution in [-0.2, 0) is 13.1 Å². The van der Waals surface area contributed by atoms with E-state index in [0.717, 1.165) is 12.1 Å². The third kappa shape index (κ3) is 4.91. The van der Waals surface area contributed by atoms with Gasteiger partial charge in [-0.2, -0.15) is 0 Å². The van der Waals surface area contributed by atoms with Gasteiger partial charge in [0.05, 0.1) is 13.7 Å². The molecule has 5 heteroatoms. The number of aromatic hydroxyl groups is 1. The zero-order chi connectivity index (χ0) is 17.4. The zero-order valence-corrected chi connectivity index (χ0v) is 14.5. The first-order chi connectivity index (χ1) is 11.6. The number of guanidine groups is 1. The maximum atomic E-state index is 9.95. The van der Waals surface area contributed by atoms with Gasteiger partial charge in [0.15, 0.2) is 5.96 Å². The molecule has 0 saturated carbocycles. The average Bonchev–Trinajstić information content (AvgIpc) is 2.60. The van der Waals surface area contributed by atoms with Crippen molar-refractivity contribution in [1.29, 1.82) is 0 Å². The van der Waals surface area contributed by atoms with Gasteiger partial charge < -0.3 is 20.5 Å². The van der Waals surface area contributed by atoms with Crippen LogP contribution in [0.25, 0.3) is 0 Å². The molecule has 0 aliphatic rings. The Morgan fingerprint density at radius 3 is 2.62 bits per heavy atom. The number of hydrogen-bond acceptors (Lipinski definition) is 3. The Morgan fingerprint density at radius 1 is 1.12 bits per heavy atom. The summed E-state index contributed by atoms with van der Waals surface area (Å²) < 4.78 is 5.19. The van der Waals surface area contributed by atoms with Gasteiger partial charge in [0.1, 0.15) is 11.5 Å². The molecule has 2 aromatic rings. The van der Waals surface area contributed by atoms with Crippen LogP contribution >= 0.6 is 0 Å². The Kier molecular flexibility index (Phi) is 6.49. The average molecular weight is 327 g/mol. The standard InChI is InChI=1S/C19H25N3O2/c1-4-20-19(21-12-15-8-6-5-7-14(15)2)22-13-16-11-17(24-3)9-10-18(16)23/h5-11,23H,4,12-13H2,1-3H3,(H2,20,21,22). The summed E-state index contributed by atoms with van der Waals surface area (Å²) in [5.74, 6) is 1.63.